The summed E-state index contributed by atoms with van der Waals surface area (Å²) in [5.74, 6) is 0.703. The van der Waals surface area contributed by atoms with Crippen molar-refractivity contribution in [2.45, 2.75) is 6.42 Å². The molecule has 1 fully saturated rings. The van der Waals surface area contributed by atoms with Crippen LogP contribution in [0.15, 0.2) is 29.7 Å². The topological polar surface area (TPSA) is 37.4 Å². The summed E-state index contributed by atoms with van der Waals surface area (Å²) < 4.78 is 6.01. The number of ether oxygens (including phenoxy) is 1. The Balaban J connectivity index is 2.18. The Hall–Kier alpha value is -1.07. The molecule has 0 atom stereocenters. The van der Waals surface area contributed by atoms with Crippen LogP contribution in [0, 0.1) is 0 Å². The lowest BCUT2D eigenvalue weighted by molar-refractivity contribution is 0.477. The number of rotatable bonds is 3. The Morgan fingerprint density at radius 1 is 1.47 bits per heavy atom. The number of anilines is 1. The molecule has 92 valence electrons. The van der Waals surface area contributed by atoms with Crippen molar-refractivity contribution in [1.82, 2.24) is 10.3 Å². The predicted molar refractivity (Wildman–Crippen MR) is 72.5 cm³/mol. The number of hydrogen-bond acceptors (Lipinski definition) is 4. The minimum atomic E-state index is 0.703. The minimum absolute atomic E-state index is 0.703. The van der Waals surface area contributed by atoms with E-state index in [2.05, 4.69) is 37.7 Å². The van der Waals surface area contributed by atoms with Crippen LogP contribution in [-0.2, 0) is 0 Å². The standard InChI is InChI=1S/C12H16BrN3O/c1-2-17-11-8-10(9-15-12(11)13)16-6-3-4-14-5-7-16/h2,8-9,14H,1,3-7H2. The maximum Gasteiger partial charge on any atom is 0.161 e. The van der Waals surface area contributed by atoms with E-state index in [1.54, 1.807) is 0 Å². The lowest BCUT2D eigenvalue weighted by Gasteiger charge is -2.22. The van der Waals surface area contributed by atoms with Crippen molar-refractivity contribution in [3.05, 3.63) is 29.7 Å². The highest BCUT2D eigenvalue weighted by atomic mass is 79.9. The molecule has 1 aliphatic rings. The normalized spacial score (nSPS) is 16.4. The van der Waals surface area contributed by atoms with Gasteiger partial charge in [0.15, 0.2) is 5.75 Å². The molecule has 1 aliphatic heterocycles. The summed E-state index contributed by atoms with van der Waals surface area (Å²) in [6.07, 6.45) is 4.43. The fourth-order valence-corrected chi connectivity index (χ4v) is 2.18. The molecule has 0 bridgehead atoms. The lowest BCUT2D eigenvalue weighted by Crippen LogP contribution is -2.27. The molecule has 1 aromatic rings. The van der Waals surface area contributed by atoms with Gasteiger partial charge >= 0.3 is 0 Å². The monoisotopic (exact) mass is 297 g/mol. The number of aromatic nitrogens is 1. The Bertz CT molecular complexity index is 389. The summed E-state index contributed by atoms with van der Waals surface area (Å²) in [5, 5.41) is 3.38. The lowest BCUT2D eigenvalue weighted by atomic mass is 10.3. The summed E-state index contributed by atoms with van der Waals surface area (Å²) >= 11 is 3.36. The summed E-state index contributed by atoms with van der Waals surface area (Å²) in [6, 6.07) is 1.99. The molecule has 1 N–H and O–H groups in total. The van der Waals surface area contributed by atoms with E-state index in [4.69, 9.17) is 4.74 Å². The third-order valence-electron chi connectivity index (χ3n) is 2.71. The first-order valence-corrected chi connectivity index (χ1v) is 6.49. The van der Waals surface area contributed by atoms with Crippen LogP contribution in [0.25, 0.3) is 0 Å². The van der Waals surface area contributed by atoms with Crippen LogP contribution in [0.4, 0.5) is 5.69 Å². The molecule has 0 spiro atoms. The van der Waals surface area contributed by atoms with Gasteiger partial charge in [-0.1, -0.05) is 6.58 Å². The first-order chi connectivity index (χ1) is 8.31. The molecule has 2 heterocycles. The third kappa shape index (κ3) is 3.20. The molecule has 0 saturated carbocycles. The van der Waals surface area contributed by atoms with Crippen molar-refractivity contribution in [1.29, 1.82) is 0 Å². The second kappa shape index (κ2) is 6.02. The van der Waals surface area contributed by atoms with E-state index >= 15 is 0 Å². The quantitative estimate of drug-likeness (QED) is 0.685. The van der Waals surface area contributed by atoms with E-state index in [1.165, 1.54) is 6.26 Å². The van der Waals surface area contributed by atoms with Crippen LogP contribution >= 0.6 is 15.9 Å². The number of hydrogen-bond donors (Lipinski definition) is 1. The van der Waals surface area contributed by atoms with Crippen LogP contribution in [-0.4, -0.2) is 31.2 Å². The molecule has 4 nitrogen and oxygen atoms in total. The molecule has 17 heavy (non-hydrogen) atoms. The van der Waals surface area contributed by atoms with Gasteiger partial charge < -0.3 is 15.0 Å². The SMILES string of the molecule is C=COc1cc(N2CCCNCC2)cnc1Br. The average Bonchev–Trinajstić information content (AvgIpc) is 2.61. The first-order valence-electron chi connectivity index (χ1n) is 5.70. The molecular weight excluding hydrogens is 282 g/mol. The molecule has 5 heteroatoms. The minimum Gasteiger partial charge on any atom is -0.463 e. The van der Waals surface area contributed by atoms with Crippen molar-refractivity contribution < 1.29 is 4.74 Å². The molecular formula is C12H16BrN3O. The Morgan fingerprint density at radius 2 is 2.35 bits per heavy atom. The highest BCUT2D eigenvalue weighted by molar-refractivity contribution is 9.10. The van der Waals surface area contributed by atoms with E-state index in [0.717, 1.165) is 38.3 Å². The van der Waals surface area contributed by atoms with Crippen LogP contribution in [0.3, 0.4) is 0 Å². The summed E-state index contributed by atoms with van der Waals surface area (Å²) in [5.41, 5.74) is 1.09. The molecule has 0 radical (unpaired) electrons. The van der Waals surface area contributed by atoms with Gasteiger partial charge in [0.2, 0.25) is 0 Å². The van der Waals surface area contributed by atoms with Crippen molar-refractivity contribution in [3.8, 4) is 5.75 Å². The van der Waals surface area contributed by atoms with Gasteiger partial charge in [-0.15, -0.1) is 0 Å². The first kappa shape index (κ1) is 12.4. The highest BCUT2D eigenvalue weighted by Crippen LogP contribution is 2.27. The van der Waals surface area contributed by atoms with Crippen LogP contribution in [0.2, 0.25) is 0 Å². The van der Waals surface area contributed by atoms with Crippen molar-refractivity contribution in [2.75, 3.05) is 31.1 Å². The molecule has 1 saturated heterocycles. The average molecular weight is 298 g/mol. The van der Waals surface area contributed by atoms with E-state index in [1.807, 2.05) is 12.3 Å². The van der Waals surface area contributed by atoms with Crippen LogP contribution in [0.1, 0.15) is 6.42 Å². The second-order valence-electron chi connectivity index (χ2n) is 3.86. The van der Waals surface area contributed by atoms with Gasteiger partial charge in [-0.25, -0.2) is 4.98 Å². The van der Waals surface area contributed by atoms with Crippen molar-refractivity contribution >= 4 is 21.6 Å². The third-order valence-corrected chi connectivity index (χ3v) is 3.30. The largest absolute Gasteiger partial charge is 0.463 e. The van der Waals surface area contributed by atoms with E-state index < -0.39 is 0 Å². The molecule has 2 rings (SSSR count). The Labute approximate surface area is 110 Å². The van der Waals surface area contributed by atoms with E-state index in [0.29, 0.717) is 10.4 Å². The number of halogens is 1. The number of nitrogens with zero attached hydrogens (tertiary/aromatic N) is 2. The molecule has 0 amide bonds. The van der Waals surface area contributed by atoms with E-state index in [9.17, 15) is 0 Å². The molecule has 0 aromatic carbocycles. The van der Waals surface area contributed by atoms with Crippen LogP contribution in [0.5, 0.6) is 5.75 Å². The fraction of sp³-hybridized carbons (Fsp3) is 0.417. The van der Waals surface area contributed by atoms with E-state index in [-0.39, 0.29) is 0 Å². The zero-order chi connectivity index (χ0) is 12.1. The molecule has 0 unspecified atom stereocenters. The van der Waals surface area contributed by atoms with Gasteiger partial charge in [-0.05, 0) is 28.9 Å². The number of pyridine rings is 1. The number of nitrogens with one attached hydrogen (secondary N) is 1. The van der Waals surface area contributed by atoms with Crippen molar-refractivity contribution in [3.63, 3.8) is 0 Å². The predicted octanol–water partition coefficient (Wildman–Crippen LogP) is 2.17. The Morgan fingerprint density at radius 3 is 3.18 bits per heavy atom. The Kier molecular flexibility index (Phi) is 4.39. The van der Waals surface area contributed by atoms with Gasteiger partial charge in [0, 0.05) is 25.7 Å². The summed E-state index contributed by atoms with van der Waals surface area (Å²) in [7, 11) is 0. The zero-order valence-electron chi connectivity index (χ0n) is 9.66. The van der Waals surface area contributed by atoms with Gasteiger partial charge in [0.05, 0.1) is 18.1 Å². The fourth-order valence-electron chi connectivity index (χ4n) is 1.87. The zero-order valence-corrected chi connectivity index (χ0v) is 11.2. The van der Waals surface area contributed by atoms with Gasteiger partial charge in [0.25, 0.3) is 0 Å². The molecule has 0 aliphatic carbocycles. The molecule has 1 aromatic heterocycles. The summed E-state index contributed by atoms with van der Waals surface area (Å²) in [4.78, 5) is 6.60. The van der Waals surface area contributed by atoms with Gasteiger partial charge in [0.1, 0.15) is 4.60 Å². The van der Waals surface area contributed by atoms with Crippen LogP contribution < -0.4 is 15.0 Å². The van der Waals surface area contributed by atoms with Gasteiger partial charge in [-0.3, -0.25) is 0 Å². The maximum absolute atomic E-state index is 5.31. The smallest absolute Gasteiger partial charge is 0.161 e. The second-order valence-corrected chi connectivity index (χ2v) is 4.61. The summed E-state index contributed by atoms with van der Waals surface area (Å²) in [6.45, 7) is 7.69. The van der Waals surface area contributed by atoms with Crippen molar-refractivity contribution in [2.24, 2.45) is 0 Å². The maximum atomic E-state index is 5.31. The van der Waals surface area contributed by atoms with Gasteiger partial charge in [-0.2, -0.15) is 0 Å². The highest BCUT2D eigenvalue weighted by Gasteiger charge is 2.12.